The molecule has 1 N–H and O–H groups in total. The van der Waals surface area contributed by atoms with Gasteiger partial charge in [0.25, 0.3) is 0 Å². The summed E-state index contributed by atoms with van der Waals surface area (Å²) >= 11 is 0. The fraction of sp³-hybridized carbons (Fsp3) is 0.611. The summed E-state index contributed by atoms with van der Waals surface area (Å²) in [6.07, 6.45) is 3.43. The van der Waals surface area contributed by atoms with Crippen molar-refractivity contribution in [1.82, 2.24) is 10.2 Å². The van der Waals surface area contributed by atoms with Crippen LogP contribution in [0.4, 0.5) is 0 Å². The number of rotatable bonds is 8. The zero-order valence-electron chi connectivity index (χ0n) is 26.8. The van der Waals surface area contributed by atoms with Crippen molar-refractivity contribution in [2.75, 3.05) is 13.7 Å². The predicted octanol–water partition coefficient (Wildman–Crippen LogP) is 6.67. The fourth-order valence-corrected chi connectivity index (χ4v) is 7.91. The third-order valence-electron chi connectivity index (χ3n) is 9.96. The van der Waals surface area contributed by atoms with E-state index >= 15 is 0 Å². The normalized spacial score (nSPS) is 28.9. The van der Waals surface area contributed by atoms with E-state index in [0.29, 0.717) is 18.4 Å². The van der Waals surface area contributed by atoms with Gasteiger partial charge in [-0.3, -0.25) is 4.79 Å². The van der Waals surface area contributed by atoms with Gasteiger partial charge in [0.05, 0.1) is 19.8 Å². The number of hydrogen-bond acceptors (Lipinski definition) is 5. The number of nitrogens with one attached hydrogen (secondary N) is 1. The molecule has 5 rings (SSSR count). The lowest BCUT2D eigenvalue weighted by Crippen LogP contribution is -2.49. The first-order chi connectivity index (χ1) is 19.9. The Morgan fingerprint density at radius 1 is 0.976 bits per heavy atom. The van der Waals surface area contributed by atoms with Crippen LogP contribution >= 0.6 is 0 Å². The van der Waals surface area contributed by atoms with Gasteiger partial charge in [-0.15, -0.1) is 0 Å². The number of ether oxygens (including phenoxy) is 2. The Morgan fingerprint density at radius 3 is 2.21 bits per heavy atom. The quantitative estimate of drug-likeness (QED) is 0.357. The topological polar surface area (TPSA) is 67.9 Å². The third-order valence-corrected chi connectivity index (χ3v) is 9.96. The van der Waals surface area contributed by atoms with Gasteiger partial charge in [-0.05, 0) is 59.6 Å². The van der Waals surface area contributed by atoms with E-state index in [2.05, 4.69) is 71.1 Å². The lowest BCUT2D eigenvalue weighted by molar-refractivity contribution is -0.157. The maximum Gasteiger partial charge on any atom is 0.329 e. The average molecular weight is 575 g/mol. The molecule has 1 aliphatic heterocycles. The van der Waals surface area contributed by atoms with Gasteiger partial charge in [-0.2, -0.15) is 0 Å². The fourth-order valence-electron chi connectivity index (χ4n) is 7.91. The Hall–Kier alpha value is -2.86. The number of likely N-dealkylation sites (tertiary alicyclic amines) is 1. The van der Waals surface area contributed by atoms with Crippen molar-refractivity contribution in [2.24, 2.45) is 29.1 Å². The summed E-state index contributed by atoms with van der Waals surface area (Å²) < 4.78 is 11.5. The summed E-state index contributed by atoms with van der Waals surface area (Å²) in [5.41, 5.74) is 3.06. The van der Waals surface area contributed by atoms with Crippen molar-refractivity contribution in [2.45, 2.75) is 97.8 Å². The SMILES string of the molecule is CCOC(=O)[C@@H]1[C@@H](C(C)(C)C)[C@H](NCc2cc(C(C)(C)C)ccc2OC)C(c2ccccc2)N1C(=O)C1C2CCCC21. The summed E-state index contributed by atoms with van der Waals surface area (Å²) in [5.74, 6) is 1.43. The highest BCUT2D eigenvalue weighted by Crippen LogP contribution is 2.60. The van der Waals surface area contributed by atoms with E-state index in [1.807, 2.05) is 36.1 Å². The van der Waals surface area contributed by atoms with E-state index in [4.69, 9.17) is 9.47 Å². The molecule has 1 heterocycles. The van der Waals surface area contributed by atoms with Crippen molar-refractivity contribution in [3.05, 3.63) is 65.2 Å². The average Bonchev–Trinajstić information content (AvgIpc) is 3.25. The molecule has 42 heavy (non-hydrogen) atoms. The first-order valence-electron chi connectivity index (χ1n) is 15.8. The van der Waals surface area contributed by atoms with E-state index < -0.39 is 6.04 Å². The molecule has 0 radical (unpaired) electrons. The van der Waals surface area contributed by atoms with Crippen LogP contribution in [0.2, 0.25) is 0 Å². The monoisotopic (exact) mass is 574 g/mol. The molecule has 1 saturated heterocycles. The highest BCUT2D eigenvalue weighted by molar-refractivity contribution is 5.89. The summed E-state index contributed by atoms with van der Waals surface area (Å²) in [6.45, 7) is 15.9. The predicted molar refractivity (Wildman–Crippen MR) is 166 cm³/mol. The highest BCUT2D eigenvalue weighted by atomic mass is 16.5. The number of fused-ring (bicyclic) bond motifs is 1. The summed E-state index contributed by atoms with van der Waals surface area (Å²) in [6, 6.07) is 15.5. The zero-order valence-corrected chi connectivity index (χ0v) is 26.8. The molecule has 6 atom stereocenters. The maximum atomic E-state index is 14.5. The van der Waals surface area contributed by atoms with Gasteiger partial charge in [0.15, 0.2) is 0 Å². The second kappa shape index (κ2) is 11.7. The Balaban J connectivity index is 1.59. The molecule has 3 aliphatic rings. The van der Waals surface area contributed by atoms with E-state index in [1.54, 1.807) is 7.11 Å². The van der Waals surface area contributed by atoms with Gasteiger partial charge in [0, 0.05) is 30.0 Å². The van der Waals surface area contributed by atoms with E-state index in [0.717, 1.165) is 29.7 Å². The number of carbonyl (C=O) groups is 2. The lowest BCUT2D eigenvalue weighted by atomic mass is 9.72. The van der Waals surface area contributed by atoms with Crippen LogP contribution < -0.4 is 10.1 Å². The van der Waals surface area contributed by atoms with Crippen molar-refractivity contribution < 1.29 is 19.1 Å². The van der Waals surface area contributed by atoms with Gasteiger partial charge < -0.3 is 19.7 Å². The number of hydrogen-bond donors (Lipinski definition) is 1. The van der Waals surface area contributed by atoms with Gasteiger partial charge >= 0.3 is 5.97 Å². The second-order valence-corrected chi connectivity index (χ2v) is 14.7. The largest absolute Gasteiger partial charge is 0.496 e. The zero-order chi connectivity index (χ0) is 30.4. The van der Waals surface area contributed by atoms with Crippen LogP contribution in [0, 0.1) is 29.1 Å². The Morgan fingerprint density at radius 2 is 1.64 bits per heavy atom. The van der Waals surface area contributed by atoms with Crippen LogP contribution in [0.5, 0.6) is 5.75 Å². The van der Waals surface area contributed by atoms with Crippen LogP contribution in [0.3, 0.4) is 0 Å². The number of carbonyl (C=O) groups excluding carboxylic acids is 2. The van der Waals surface area contributed by atoms with Gasteiger partial charge in [0.2, 0.25) is 5.91 Å². The molecular formula is C36H50N2O4. The minimum absolute atomic E-state index is 0.00451. The van der Waals surface area contributed by atoms with Gasteiger partial charge in [-0.25, -0.2) is 4.79 Å². The van der Waals surface area contributed by atoms with Crippen molar-refractivity contribution in [1.29, 1.82) is 0 Å². The number of amides is 1. The van der Waals surface area contributed by atoms with Crippen molar-refractivity contribution in [3.63, 3.8) is 0 Å². The number of methoxy groups -OCH3 is 1. The Labute approximate surface area is 252 Å². The molecule has 1 amide bonds. The molecule has 3 unspecified atom stereocenters. The van der Waals surface area contributed by atoms with Gasteiger partial charge in [0.1, 0.15) is 11.8 Å². The number of nitrogens with zero attached hydrogens (tertiary/aromatic N) is 1. The van der Waals surface area contributed by atoms with Gasteiger partial charge in [-0.1, -0.05) is 90.4 Å². The summed E-state index contributed by atoms with van der Waals surface area (Å²) in [5, 5.41) is 3.90. The van der Waals surface area contributed by atoms with Crippen molar-refractivity contribution in [3.8, 4) is 5.75 Å². The summed E-state index contributed by atoms with van der Waals surface area (Å²) in [4.78, 5) is 30.4. The second-order valence-electron chi connectivity index (χ2n) is 14.7. The van der Waals surface area contributed by atoms with E-state index in [-0.39, 0.29) is 53.2 Å². The lowest BCUT2D eigenvalue weighted by Gasteiger charge is -2.36. The number of benzene rings is 2. The standard InChI is InChI=1S/C36H50N2O4/c1-9-42-34(40)32-29(36(5,6)7)30(37-21-23-20-24(35(2,3)4)18-19-27(23)41-8)31(22-14-11-10-12-15-22)38(32)33(39)28-25-16-13-17-26(25)28/h10-12,14-15,18-20,25-26,28-32,37H,9,13,16-17,21H2,1-8H3/t25?,26?,28?,29-,30-,31?,32-/m0/s1. The van der Waals surface area contributed by atoms with Crippen LogP contribution in [-0.4, -0.2) is 42.6 Å². The van der Waals surface area contributed by atoms with Crippen LogP contribution in [0.15, 0.2) is 48.5 Å². The molecule has 0 bridgehead atoms. The Kier molecular flexibility index (Phi) is 8.50. The maximum absolute atomic E-state index is 14.5. The molecule has 0 spiro atoms. The molecule has 3 fully saturated rings. The smallest absolute Gasteiger partial charge is 0.329 e. The summed E-state index contributed by atoms with van der Waals surface area (Å²) in [7, 11) is 1.71. The van der Waals surface area contributed by atoms with Crippen LogP contribution in [0.25, 0.3) is 0 Å². The first-order valence-corrected chi connectivity index (χ1v) is 15.8. The molecule has 0 aromatic heterocycles. The molecule has 2 aromatic carbocycles. The highest BCUT2D eigenvalue weighted by Gasteiger charge is 2.64. The molecule has 6 heteroatoms. The van der Waals surface area contributed by atoms with E-state index in [1.165, 1.54) is 12.0 Å². The van der Waals surface area contributed by atoms with Crippen LogP contribution in [-0.2, 0) is 26.3 Å². The Bertz CT molecular complexity index is 1270. The van der Waals surface area contributed by atoms with Crippen molar-refractivity contribution >= 4 is 11.9 Å². The molecule has 2 aromatic rings. The molecular weight excluding hydrogens is 524 g/mol. The minimum Gasteiger partial charge on any atom is -0.496 e. The minimum atomic E-state index is -0.663. The van der Waals surface area contributed by atoms with E-state index in [9.17, 15) is 9.59 Å². The third kappa shape index (κ3) is 5.71. The molecule has 228 valence electrons. The first kappa shape index (κ1) is 30.6. The molecule has 2 aliphatic carbocycles. The molecule has 6 nitrogen and oxygen atoms in total. The van der Waals surface area contributed by atoms with Crippen LogP contribution in [0.1, 0.15) is 90.5 Å². The molecule has 2 saturated carbocycles. The number of esters is 1.